The predicted molar refractivity (Wildman–Crippen MR) is 93.6 cm³/mol. The highest BCUT2D eigenvalue weighted by molar-refractivity contribution is 7.80. The minimum absolute atomic E-state index is 0.0449. The van der Waals surface area contributed by atoms with Crippen LogP contribution in [0.25, 0.3) is 11.2 Å². The Kier molecular flexibility index (Phi) is 5.58. The maximum absolute atomic E-state index is 11.2. The van der Waals surface area contributed by atoms with Crippen LogP contribution < -0.4 is 11.1 Å². The second-order valence-corrected chi connectivity index (χ2v) is 6.39. The van der Waals surface area contributed by atoms with E-state index in [2.05, 4.69) is 32.9 Å². The number of nitrogens with zero attached hydrogens (tertiary/aromatic N) is 4. The molecule has 6 N–H and O–H groups in total. The molecule has 0 radical (unpaired) electrons. The number of nitrogens with one attached hydrogen (secondary N) is 1. The number of nitrogen functional groups attached to an aromatic ring is 1. The number of thiol groups is 1. The van der Waals surface area contributed by atoms with Crippen LogP contribution in [0.1, 0.15) is 12.6 Å². The minimum Gasteiger partial charge on any atom is -0.480 e. The van der Waals surface area contributed by atoms with E-state index >= 15 is 0 Å². The van der Waals surface area contributed by atoms with Gasteiger partial charge in [-0.2, -0.15) is 12.6 Å². The SMILES string of the molecule is Nc1ncnc2c1ncn2[C@@H]1O[C@H](CNC(CCS)C(=O)O)[C@@H](O)[C@H]1O. The highest BCUT2D eigenvalue weighted by Gasteiger charge is 2.44. The van der Waals surface area contributed by atoms with Crippen molar-refractivity contribution in [3.63, 3.8) is 0 Å². The Bertz CT molecular complexity index is 788. The maximum atomic E-state index is 11.2. The van der Waals surface area contributed by atoms with Gasteiger partial charge in [0.15, 0.2) is 17.7 Å². The lowest BCUT2D eigenvalue weighted by atomic mass is 10.1. The van der Waals surface area contributed by atoms with Gasteiger partial charge in [-0.3, -0.25) is 9.36 Å². The van der Waals surface area contributed by atoms with E-state index in [0.717, 1.165) is 0 Å². The fraction of sp³-hybridized carbons (Fsp3) is 0.571. The first-order valence-corrected chi connectivity index (χ1v) is 8.59. The summed E-state index contributed by atoms with van der Waals surface area (Å²) in [5.41, 5.74) is 6.47. The number of rotatable bonds is 7. The Morgan fingerprint density at radius 2 is 2.15 bits per heavy atom. The van der Waals surface area contributed by atoms with Crippen LogP contribution in [0.15, 0.2) is 12.7 Å². The van der Waals surface area contributed by atoms with E-state index in [1.165, 1.54) is 17.2 Å². The van der Waals surface area contributed by atoms with Crippen molar-refractivity contribution in [3.8, 4) is 0 Å². The van der Waals surface area contributed by atoms with E-state index in [9.17, 15) is 15.0 Å². The Balaban J connectivity index is 1.75. The summed E-state index contributed by atoms with van der Waals surface area (Å²) in [4.78, 5) is 23.2. The number of ether oxygens (including phenoxy) is 1. The molecule has 0 saturated carbocycles. The topological polar surface area (TPSA) is 169 Å². The van der Waals surface area contributed by atoms with Crippen LogP contribution in [0.3, 0.4) is 0 Å². The van der Waals surface area contributed by atoms with E-state index in [4.69, 9.17) is 15.6 Å². The van der Waals surface area contributed by atoms with Gasteiger partial charge in [-0.25, -0.2) is 15.0 Å². The first-order valence-electron chi connectivity index (χ1n) is 7.95. The van der Waals surface area contributed by atoms with Crippen molar-refractivity contribution in [2.45, 2.75) is 37.0 Å². The molecular formula is C14H20N6O5S. The number of carboxylic acids is 1. The monoisotopic (exact) mass is 384 g/mol. The average molecular weight is 384 g/mol. The summed E-state index contributed by atoms with van der Waals surface area (Å²) >= 11 is 4.03. The van der Waals surface area contributed by atoms with Gasteiger partial charge in [-0.15, -0.1) is 0 Å². The maximum Gasteiger partial charge on any atom is 0.320 e. The number of imidazole rings is 1. The molecule has 26 heavy (non-hydrogen) atoms. The molecule has 12 heteroatoms. The summed E-state index contributed by atoms with van der Waals surface area (Å²) in [5, 5.41) is 32.6. The van der Waals surface area contributed by atoms with Gasteiger partial charge in [0.25, 0.3) is 0 Å². The third kappa shape index (κ3) is 3.46. The number of hydrogen-bond acceptors (Lipinski definition) is 10. The second-order valence-electron chi connectivity index (χ2n) is 5.94. The van der Waals surface area contributed by atoms with Gasteiger partial charge in [-0.05, 0) is 12.2 Å². The van der Waals surface area contributed by atoms with E-state index in [1.54, 1.807) is 0 Å². The van der Waals surface area contributed by atoms with Crippen LogP contribution >= 0.6 is 12.6 Å². The van der Waals surface area contributed by atoms with Crippen molar-refractivity contribution in [1.82, 2.24) is 24.8 Å². The molecule has 0 aliphatic carbocycles. The number of carboxylic acid groups (broad SMARTS) is 1. The second kappa shape index (κ2) is 7.72. The number of aliphatic hydroxyl groups is 2. The molecule has 1 aliphatic rings. The van der Waals surface area contributed by atoms with Crippen molar-refractivity contribution < 1.29 is 24.9 Å². The van der Waals surface area contributed by atoms with Gasteiger partial charge in [0.2, 0.25) is 0 Å². The molecule has 0 aromatic carbocycles. The molecule has 1 unspecified atom stereocenters. The minimum atomic E-state index is -1.25. The zero-order valence-electron chi connectivity index (χ0n) is 13.6. The van der Waals surface area contributed by atoms with Gasteiger partial charge in [0.1, 0.15) is 36.2 Å². The fourth-order valence-electron chi connectivity index (χ4n) is 2.88. The summed E-state index contributed by atoms with van der Waals surface area (Å²) < 4.78 is 7.20. The number of aliphatic carboxylic acids is 1. The molecule has 3 heterocycles. The number of nitrogens with two attached hydrogens (primary N) is 1. The zero-order valence-corrected chi connectivity index (χ0v) is 14.5. The smallest absolute Gasteiger partial charge is 0.320 e. The standard InChI is InChI=1S/C14H20N6O5S/c15-11-8-12(18-4-17-11)20(5-19-8)13-10(22)9(21)7(25-13)3-16-6(1-2-26)14(23)24/h4-7,9-10,13,16,21-22,26H,1-3H2,(H,23,24)(H2,15,17,18)/t6?,7-,9-,10-,13-/m1/s1. The quantitative estimate of drug-likeness (QED) is 0.305. The van der Waals surface area contributed by atoms with Gasteiger partial charge in [0, 0.05) is 6.54 Å². The predicted octanol–water partition coefficient (Wildman–Crippen LogP) is -1.61. The van der Waals surface area contributed by atoms with Gasteiger partial charge >= 0.3 is 5.97 Å². The molecule has 2 aromatic heterocycles. The molecular weight excluding hydrogens is 364 g/mol. The van der Waals surface area contributed by atoms with Crippen LogP contribution in [-0.4, -0.2) is 77.5 Å². The number of carbonyl (C=O) groups is 1. The number of aliphatic hydroxyl groups excluding tert-OH is 2. The lowest BCUT2D eigenvalue weighted by Crippen LogP contribution is -2.44. The first-order chi connectivity index (χ1) is 12.4. The van der Waals surface area contributed by atoms with Crippen molar-refractivity contribution in [2.75, 3.05) is 18.0 Å². The number of aromatic nitrogens is 4. The first kappa shape index (κ1) is 18.8. The van der Waals surface area contributed by atoms with Crippen LogP contribution in [0.4, 0.5) is 5.82 Å². The molecule has 1 aliphatic heterocycles. The Labute approximate surface area is 153 Å². The zero-order chi connectivity index (χ0) is 18.8. The van der Waals surface area contributed by atoms with Crippen LogP contribution in [0, 0.1) is 0 Å². The van der Waals surface area contributed by atoms with Crippen LogP contribution in [0.2, 0.25) is 0 Å². The molecule has 1 fully saturated rings. The van der Waals surface area contributed by atoms with Crippen molar-refractivity contribution in [1.29, 1.82) is 0 Å². The molecule has 3 rings (SSSR count). The van der Waals surface area contributed by atoms with E-state index in [0.29, 0.717) is 23.3 Å². The molecule has 0 bridgehead atoms. The van der Waals surface area contributed by atoms with Crippen molar-refractivity contribution in [3.05, 3.63) is 12.7 Å². The molecule has 1 saturated heterocycles. The third-order valence-corrected chi connectivity index (χ3v) is 4.54. The van der Waals surface area contributed by atoms with Gasteiger partial charge in [0.05, 0.1) is 6.33 Å². The lowest BCUT2D eigenvalue weighted by Gasteiger charge is -2.19. The highest BCUT2D eigenvalue weighted by Crippen LogP contribution is 2.31. The van der Waals surface area contributed by atoms with Crippen molar-refractivity contribution >= 4 is 35.6 Å². The fourth-order valence-corrected chi connectivity index (χ4v) is 3.14. The number of fused-ring (bicyclic) bond motifs is 1. The molecule has 2 aromatic rings. The number of hydrogen-bond donors (Lipinski definition) is 6. The Morgan fingerprint density at radius 3 is 2.85 bits per heavy atom. The van der Waals surface area contributed by atoms with Crippen LogP contribution in [0.5, 0.6) is 0 Å². The summed E-state index contributed by atoms with van der Waals surface area (Å²) in [5.74, 6) is -0.432. The molecule has 0 spiro atoms. The average Bonchev–Trinajstić information content (AvgIpc) is 3.15. The van der Waals surface area contributed by atoms with E-state index in [1.807, 2.05) is 0 Å². The lowest BCUT2D eigenvalue weighted by molar-refractivity contribution is -0.139. The summed E-state index contributed by atoms with van der Waals surface area (Å²) in [6, 6.07) is -0.818. The summed E-state index contributed by atoms with van der Waals surface area (Å²) in [6.45, 7) is 0.0449. The van der Waals surface area contributed by atoms with Crippen LogP contribution in [-0.2, 0) is 9.53 Å². The Hall–Kier alpha value is -1.99. The van der Waals surface area contributed by atoms with Crippen molar-refractivity contribution in [2.24, 2.45) is 0 Å². The molecule has 142 valence electrons. The summed E-state index contributed by atoms with van der Waals surface area (Å²) in [6.07, 6.45) is -1.24. The third-order valence-electron chi connectivity index (χ3n) is 4.28. The molecule has 5 atom stereocenters. The van der Waals surface area contributed by atoms with E-state index < -0.39 is 36.6 Å². The molecule has 0 amide bonds. The van der Waals surface area contributed by atoms with E-state index in [-0.39, 0.29) is 12.4 Å². The summed E-state index contributed by atoms with van der Waals surface area (Å²) in [7, 11) is 0. The normalized spacial score (nSPS) is 27.0. The number of anilines is 1. The van der Waals surface area contributed by atoms with Gasteiger partial charge < -0.3 is 31.1 Å². The highest BCUT2D eigenvalue weighted by atomic mass is 32.1. The molecule has 11 nitrogen and oxygen atoms in total. The Morgan fingerprint density at radius 1 is 1.38 bits per heavy atom. The largest absolute Gasteiger partial charge is 0.480 e. The van der Waals surface area contributed by atoms with Gasteiger partial charge in [-0.1, -0.05) is 0 Å².